The van der Waals surface area contributed by atoms with Crippen molar-refractivity contribution in [1.82, 2.24) is 15.5 Å². The molecule has 26 heavy (non-hydrogen) atoms. The number of imide groups is 1. The van der Waals surface area contributed by atoms with Gasteiger partial charge in [-0.15, -0.1) is 0 Å². The van der Waals surface area contributed by atoms with E-state index in [9.17, 15) is 14.4 Å². The first-order chi connectivity index (χ1) is 12.5. The molecule has 3 rings (SSSR count). The zero-order valence-corrected chi connectivity index (χ0v) is 15.3. The summed E-state index contributed by atoms with van der Waals surface area (Å²) in [7, 11) is 0. The second-order valence-corrected chi connectivity index (χ2v) is 7.00. The fourth-order valence-corrected chi connectivity index (χ4v) is 3.72. The van der Waals surface area contributed by atoms with Gasteiger partial charge >= 0.3 is 6.03 Å². The highest BCUT2D eigenvalue weighted by Gasteiger charge is 2.54. The number of carbonyl (C=O) groups is 3. The van der Waals surface area contributed by atoms with E-state index in [1.54, 1.807) is 6.92 Å². The molecule has 0 bridgehead atoms. The van der Waals surface area contributed by atoms with Crippen LogP contribution >= 0.6 is 0 Å². The lowest BCUT2D eigenvalue weighted by atomic mass is 9.97. The second-order valence-electron chi connectivity index (χ2n) is 7.00. The van der Waals surface area contributed by atoms with Gasteiger partial charge in [0.1, 0.15) is 11.6 Å². The van der Waals surface area contributed by atoms with E-state index in [0.29, 0.717) is 25.1 Å². The van der Waals surface area contributed by atoms with Crippen LogP contribution in [0, 0.1) is 0 Å². The SMILES string of the molecule is CCNCc1ccccc1NC(=O)C(C)N1C(=O)NC2(CCCC2)C1=O. The summed E-state index contributed by atoms with van der Waals surface area (Å²) in [4.78, 5) is 38.9. The fraction of sp³-hybridized carbons (Fsp3) is 0.526. The van der Waals surface area contributed by atoms with Crippen molar-refractivity contribution in [2.75, 3.05) is 11.9 Å². The monoisotopic (exact) mass is 358 g/mol. The molecule has 2 fully saturated rings. The molecule has 140 valence electrons. The van der Waals surface area contributed by atoms with Crippen molar-refractivity contribution in [2.24, 2.45) is 0 Å². The zero-order chi connectivity index (χ0) is 18.7. The third kappa shape index (κ3) is 3.31. The number of amides is 4. The number of anilines is 1. The summed E-state index contributed by atoms with van der Waals surface area (Å²) in [5.74, 6) is -0.643. The third-order valence-electron chi connectivity index (χ3n) is 5.26. The van der Waals surface area contributed by atoms with E-state index >= 15 is 0 Å². The van der Waals surface area contributed by atoms with Gasteiger partial charge in [-0.1, -0.05) is 38.0 Å². The van der Waals surface area contributed by atoms with Crippen molar-refractivity contribution in [3.05, 3.63) is 29.8 Å². The quantitative estimate of drug-likeness (QED) is 0.678. The Morgan fingerprint density at radius 3 is 2.65 bits per heavy atom. The average molecular weight is 358 g/mol. The minimum atomic E-state index is -0.866. The first-order valence-electron chi connectivity index (χ1n) is 9.24. The summed E-state index contributed by atoms with van der Waals surface area (Å²) in [5, 5.41) is 8.91. The number of hydrogen-bond donors (Lipinski definition) is 3. The zero-order valence-electron chi connectivity index (χ0n) is 15.3. The van der Waals surface area contributed by atoms with E-state index in [4.69, 9.17) is 0 Å². The van der Waals surface area contributed by atoms with Crippen molar-refractivity contribution in [2.45, 2.75) is 57.7 Å². The van der Waals surface area contributed by atoms with Gasteiger partial charge in [0.2, 0.25) is 5.91 Å². The van der Waals surface area contributed by atoms with Crippen molar-refractivity contribution >= 4 is 23.5 Å². The van der Waals surface area contributed by atoms with Gasteiger partial charge in [-0.05, 0) is 37.9 Å². The molecule has 1 aliphatic carbocycles. The second kappa shape index (κ2) is 7.45. The van der Waals surface area contributed by atoms with E-state index in [1.165, 1.54) is 0 Å². The maximum Gasteiger partial charge on any atom is 0.325 e. The van der Waals surface area contributed by atoms with Gasteiger partial charge in [0.25, 0.3) is 5.91 Å². The van der Waals surface area contributed by atoms with Crippen LogP contribution in [0.15, 0.2) is 24.3 Å². The molecule has 7 heteroatoms. The lowest BCUT2D eigenvalue weighted by Gasteiger charge is -2.24. The van der Waals surface area contributed by atoms with Gasteiger partial charge in [-0.2, -0.15) is 0 Å². The van der Waals surface area contributed by atoms with Crippen LogP contribution in [0.1, 0.15) is 45.1 Å². The van der Waals surface area contributed by atoms with Crippen LogP contribution in [-0.4, -0.2) is 40.9 Å². The number of urea groups is 1. The Morgan fingerprint density at radius 2 is 1.96 bits per heavy atom. The first-order valence-corrected chi connectivity index (χ1v) is 9.24. The predicted octanol–water partition coefficient (Wildman–Crippen LogP) is 1.99. The molecule has 1 unspecified atom stereocenters. The molecule has 1 saturated carbocycles. The van der Waals surface area contributed by atoms with Gasteiger partial charge < -0.3 is 16.0 Å². The summed E-state index contributed by atoms with van der Waals surface area (Å²) in [6.07, 6.45) is 3.12. The normalized spacial score (nSPS) is 19.7. The topological polar surface area (TPSA) is 90.5 Å². The molecule has 1 heterocycles. The number of para-hydroxylation sites is 1. The summed E-state index contributed by atoms with van der Waals surface area (Å²) < 4.78 is 0. The molecule has 1 saturated heterocycles. The summed E-state index contributed by atoms with van der Waals surface area (Å²) in [6, 6.07) is 6.17. The minimum absolute atomic E-state index is 0.274. The van der Waals surface area contributed by atoms with Crippen LogP contribution in [0.25, 0.3) is 0 Å². The van der Waals surface area contributed by atoms with E-state index in [0.717, 1.165) is 29.8 Å². The Morgan fingerprint density at radius 1 is 1.27 bits per heavy atom. The maximum absolute atomic E-state index is 12.8. The number of hydrogen-bond acceptors (Lipinski definition) is 4. The number of nitrogens with one attached hydrogen (secondary N) is 3. The Balaban J connectivity index is 1.72. The maximum atomic E-state index is 12.8. The number of rotatable bonds is 6. The Hall–Kier alpha value is -2.41. The molecule has 2 aliphatic rings. The lowest BCUT2D eigenvalue weighted by molar-refractivity contribution is -0.136. The molecule has 1 aromatic rings. The van der Waals surface area contributed by atoms with Gasteiger partial charge in [-0.3, -0.25) is 9.59 Å². The summed E-state index contributed by atoms with van der Waals surface area (Å²) in [6.45, 7) is 5.06. The van der Waals surface area contributed by atoms with Gasteiger partial charge in [0.15, 0.2) is 0 Å². The largest absolute Gasteiger partial charge is 0.325 e. The summed E-state index contributed by atoms with van der Waals surface area (Å²) in [5.41, 5.74) is 0.849. The summed E-state index contributed by atoms with van der Waals surface area (Å²) >= 11 is 0. The van der Waals surface area contributed by atoms with E-state index in [1.807, 2.05) is 31.2 Å². The van der Waals surface area contributed by atoms with Gasteiger partial charge in [-0.25, -0.2) is 9.69 Å². The van der Waals surface area contributed by atoms with Crippen LogP contribution in [0.4, 0.5) is 10.5 Å². The van der Waals surface area contributed by atoms with Crippen LogP contribution in [-0.2, 0) is 16.1 Å². The smallest absolute Gasteiger partial charge is 0.324 e. The van der Waals surface area contributed by atoms with Crippen molar-refractivity contribution < 1.29 is 14.4 Å². The average Bonchev–Trinajstić information content (AvgIpc) is 3.19. The molecule has 7 nitrogen and oxygen atoms in total. The van der Waals surface area contributed by atoms with Crippen LogP contribution in [0.3, 0.4) is 0 Å². The van der Waals surface area contributed by atoms with Crippen molar-refractivity contribution in [3.8, 4) is 0 Å². The van der Waals surface area contributed by atoms with E-state index < -0.39 is 17.6 Å². The van der Waals surface area contributed by atoms with Crippen LogP contribution in [0.2, 0.25) is 0 Å². The minimum Gasteiger partial charge on any atom is -0.324 e. The van der Waals surface area contributed by atoms with Crippen molar-refractivity contribution in [1.29, 1.82) is 0 Å². The van der Waals surface area contributed by atoms with Crippen molar-refractivity contribution in [3.63, 3.8) is 0 Å². The molecular formula is C19H26N4O3. The number of nitrogens with zero attached hydrogens (tertiary/aromatic N) is 1. The Bertz CT molecular complexity index is 712. The lowest BCUT2D eigenvalue weighted by Crippen LogP contribution is -2.48. The van der Waals surface area contributed by atoms with Gasteiger partial charge in [0.05, 0.1) is 0 Å². The highest BCUT2D eigenvalue weighted by Crippen LogP contribution is 2.35. The molecule has 0 aromatic heterocycles. The highest BCUT2D eigenvalue weighted by atomic mass is 16.2. The Kier molecular flexibility index (Phi) is 5.27. The van der Waals surface area contributed by atoms with E-state index in [-0.39, 0.29) is 11.8 Å². The number of carbonyl (C=O) groups excluding carboxylic acids is 3. The highest BCUT2D eigenvalue weighted by molar-refractivity contribution is 6.11. The van der Waals surface area contributed by atoms with Gasteiger partial charge in [0, 0.05) is 12.2 Å². The number of benzene rings is 1. The molecular weight excluding hydrogens is 332 g/mol. The first kappa shape index (κ1) is 18.4. The molecule has 4 amide bonds. The predicted molar refractivity (Wildman–Crippen MR) is 98.5 cm³/mol. The Labute approximate surface area is 153 Å². The third-order valence-corrected chi connectivity index (χ3v) is 5.26. The molecule has 1 atom stereocenters. The van der Waals surface area contributed by atoms with Crippen LogP contribution < -0.4 is 16.0 Å². The van der Waals surface area contributed by atoms with E-state index in [2.05, 4.69) is 16.0 Å². The fourth-order valence-electron chi connectivity index (χ4n) is 3.72. The molecule has 1 spiro atoms. The molecule has 3 N–H and O–H groups in total. The standard InChI is InChI=1S/C19H26N4O3/c1-3-20-12-14-8-4-5-9-15(14)21-16(24)13(2)23-17(25)19(22-18(23)26)10-6-7-11-19/h4-5,8-9,13,20H,3,6-7,10-12H2,1-2H3,(H,21,24)(H,22,26). The van der Waals surface area contributed by atoms with Crippen LogP contribution in [0.5, 0.6) is 0 Å². The molecule has 0 radical (unpaired) electrons. The molecule has 1 aliphatic heterocycles. The molecule has 1 aromatic carbocycles.